The minimum Gasteiger partial charge on any atom is -0.495 e. The molecule has 0 aromatic heterocycles. The number of benzene rings is 2. The van der Waals surface area contributed by atoms with E-state index in [4.69, 9.17) is 4.74 Å². The van der Waals surface area contributed by atoms with E-state index in [9.17, 15) is 9.59 Å². The van der Waals surface area contributed by atoms with Gasteiger partial charge in [0.1, 0.15) is 5.75 Å². The molecule has 1 unspecified atom stereocenters. The largest absolute Gasteiger partial charge is 0.495 e. The van der Waals surface area contributed by atoms with Crippen LogP contribution in [0.1, 0.15) is 37.3 Å². The number of nitrogens with one attached hydrogen (secondary N) is 1. The summed E-state index contributed by atoms with van der Waals surface area (Å²) in [7, 11) is 1.57. The number of carbonyl (C=O) groups is 2. The quantitative estimate of drug-likeness (QED) is 0.866. The number of nitrogens with zero attached hydrogens (tertiary/aromatic N) is 1. The van der Waals surface area contributed by atoms with E-state index in [1.165, 1.54) is 5.56 Å². The lowest BCUT2D eigenvalue weighted by Crippen LogP contribution is -2.28. The highest BCUT2D eigenvalue weighted by Gasteiger charge is 2.35. The lowest BCUT2D eigenvalue weighted by molar-refractivity contribution is -0.122. The summed E-state index contributed by atoms with van der Waals surface area (Å²) in [6.45, 7) is 6.61. The number of anilines is 2. The Labute approximate surface area is 160 Å². The zero-order valence-electron chi connectivity index (χ0n) is 16.3. The Balaban J connectivity index is 1.71. The van der Waals surface area contributed by atoms with Crippen LogP contribution < -0.4 is 15.0 Å². The maximum atomic E-state index is 12.7. The third-order valence-electron chi connectivity index (χ3n) is 4.98. The average molecular weight is 366 g/mol. The van der Waals surface area contributed by atoms with Crippen LogP contribution in [0.4, 0.5) is 11.4 Å². The van der Waals surface area contributed by atoms with Crippen molar-refractivity contribution in [3.05, 3.63) is 53.6 Å². The van der Waals surface area contributed by atoms with Gasteiger partial charge in [0.25, 0.3) is 0 Å². The van der Waals surface area contributed by atoms with Crippen LogP contribution in [0.5, 0.6) is 5.75 Å². The molecule has 0 aliphatic carbocycles. The van der Waals surface area contributed by atoms with Crippen molar-refractivity contribution >= 4 is 23.2 Å². The Morgan fingerprint density at radius 2 is 1.89 bits per heavy atom. The molecule has 2 aromatic rings. The summed E-state index contributed by atoms with van der Waals surface area (Å²) in [4.78, 5) is 26.9. The summed E-state index contributed by atoms with van der Waals surface area (Å²) >= 11 is 0. The molecule has 1 aliphatic rings. The molecule has 1 atom stereocenters. The van der Waals surface area contributed by atoms with E-state index in [0.29, 0.717) is 23.9 Å². The molecule has 0 radical (unpaired) electrons. The molecule has 1 fully saturated rings. The molecule has 1 heterocycles. The number of ether oxygens (including phenoxy) is 1. The molecule has 5 nitrogen and oxygen atoms in total. The maximum absolute atomic E-state index is 12.7. The third kappa shape index (κ3) is 4.13. The van der Waals surface area contributed by atoms with E-state index in [0.717, 1.165) is 11.3 Å². The fraction of sp³-hybridized carbons (Fsp3) is 0.364. The minimum atomic E-state index is -0.382. The fourth-order valence-corrected chi connectivity index (χ4v) is 3.33. The van der Waals surface area contributed by atoms with Crippen molar-refractivity contribution in [2.45, 2.75) is 33.1 Å². The molecule has 27 heavy (non-hydrogen) atoms. The van der Waals surface area contributed by atoms with Crippen LogP contribution in [0.25, 0.3) is 0 Å². The van der Waals surface area contributed by atoms with Crippen LogP contribution in [0, 0.1) is 12.8 Å². The van der Waals surface area contributed by atoms with Gasteiger partial charge in [-0.3, -0.25) is 9.59 Å². The van der Waals surface area contributed by atoms with Gasteiger partial charge < -0.3 is 15.0 Å². The number of hydrogen-bond donors (Lipinski definition) is 1. The standard InChI is InChI=1S/C22H26N2O3/c1-14(2)16-6-8-18(9-7-16)24-13-17(12-21(24)25)22(26)23-19-11-15(3)5-10-20(19)27-4/h5-11,14,17H,12-13H2,1-4H3,(H,23,26). The van der Waals surface area contributed by atoms with Crippen molar-refractivity contribution in [3.63, 3.8) is 0 Å². The summed E-state index contributed by atoms with van der Waals surface area (Å²) in [5.74, 6) is 0.486. The second-order valence-corrected chi connectivity index (χ2v) is 7.34. The van der Waals surface area contributed by atoms with Crippen LogP contribution >= 0.6 is 0 Å². The monoisotopic (exact) mass is 366 g/mol. The summed E-state index contributed by atoms with van der Waals surface area (Å²) in [6.07, 6.45) is 0.214. The first-order chi connectivity index (χ1) is 12.9. The topological polar surface area (TPSA) is 58.6 Å². The van der Waals surface area contributed by atoms with Crippen molar-refractivity contribution in [2.24, 2.45) is 5.92 Å². The van der Waals surface area contributed by atoms with Crippen molar-refractivity contribution in [2.75, 3.05) is 23.9 Å². The molecular formula is C22H26N2O3. The Kier molecular flexibility index (Phi) is 5.49. The number of rotatable bonds is 5. The summed E-state index contributed by atoms with van der Waals surface area (Å²) in [5.41, 5.74) is 3.73. The highest BCUT2D eigenvalue weighted by atomic mass is 16.5. The van der Waals surface area contributed by atoms with Gasteiger partial charge in [-0.15, -0.1) is 0 Å². The fourth-order valence-electron chi connectivity index (χ4n) is 3.33. The van der Waals surface area contributed by atoms with Gasteiger partial charge >= 0.3 is 0 Å². The van der Waals surface area contributed by atoms with Crippen molar-refractivity contribution < 1.29 is 14.3 Å². The predicted molar refractivity (Wildman–Crippen MR) is 107 cm³/mol. The summed E-state index contributed by atoms with van der Waals surface area (Å²) < 4.78 is 5.31. The molecule has 0 bridgehead atoms. The Morgan fingerprint density at radius 3 is 2.52 bits per heavy atom. The van der Waals surface area contributed by atoms with E-state index >= 15 is 0 Å². The van der Waals surface area contributed by atoms with Crippen molar-refractivity contribution in [3.8, 4) is 5.75 Å². The SMILES string of the molecule is COc1ccc(C)cc1NC(=O)C1CC(=O)N(c2ccc(C(C)C)cc2)C1. The lowest BCUT2D eigenvalue weighted by atomic mass is 10.0. The first-order valence-corrected chi connectivity index (χ1v) is 9.25. The van der Waals surface area contributed by atoms with Gasteiger partial charge in [0.05, 0.1) is 18.7 Å². The van der Waals surface area contributed by atoms with E-state index in [-0.39, 0.29) is 24.2 Å². The molecule has 0 spiro atoms. The Hall–Kier alpha value is -2.82. The molecule has 0 saturated carbocycles. The summed E-state index contributed by atoms with van der Waals surface area (Å²) in [6, 6.07) is 13.6. The smallest absolute Gasteiger partial charge is 0.229 e. The van der Waals surface area contributed by atoms with Crippen LogP contribution in [-0.2, 0) is 9.59 Å². The van der Waals surface area contributed by atoms with Gasteiger partial charge in [0, 0.05) is 18.7 Å². The summed E-state index contributed by atoms with van der Waals surface area (Å²) in [5, 5.41) is 2.92. The van der Waals surface area contributed by atoms with Gasteiger partial charge in [-0.2, -0.15) is 0 Å². The van der Waals surface area contributed by atoms with Crippen LogP contribution in [0.3, 0.4) is 0 Å². The highest BCUT2D eigenvalue weighted by Crippen LogP contribution is 2.30. The number of hydrogen-bond acceptors (Lipinski definition) is 3. The molecule has 2 aromatic carbocycles. The average Bonchev–Trinajstić information content (AvgIpc) is 3.04. The number of carbonyl (C=O) groups excluding carboxylic acids is 2. The zero-order chi connectivity index (χ0) is 19.6. The van der Waals surface area contributed by atoms with Gasteiger partial charge in [0.15, 0.2) is 0 Å². The molecule has 2 amide bonds. The maximum Gasteiger partial charge on any atom is 0.229 e. The van der Waals surface area contributed by atoms with Gasteiger partial charge in [-0.1, -0.05) is 32.0 Å². The molecule has 142 valence electrons. The lowest BCUT2D eigenvalue weighted by Gasteiger charge is -2.18. The zero-order valence-corrected chi connectivity index (χ0v) is 16.3. The molecule has 1 N–H and O–H groups in total. The minimum absolute atomic E-state index is 0.0244. The first-order valence-electron chi connectivity index (χ1n) is 9.25. The van der Waals surface area contributed by atoms with Gasteiger partial charge in [0.2, 0.25) is 11.8 Å². The normalized spacial score (nSPS) is 16.7. The van der Waals surface area contributed by atoms with Crippen LogP contribution in [0.15, 0.2) is 42.5 Å². The van der Waals surface area contributed by atoms with Gasteiger partial charge in [-0.05, 0) is 48.2 Å². The second kappa shape index (κ2) is 7.82. The second-order valence-electron chi connectivity index (χ2n) is 7.34. The van der Waals surface area contributed by atoms with E-state index in [1.807, 2.05) is 49.4 Å². The van der Waals surface area contributed by atoms with E-state index in [2.05, 4.69) is 19.2 Å². The molecular weight excluding hydrogens is 340 g/mol. The molecule has 1 aliphatic heterocycles. The number of aryl methyl sites for hydroxylation is 1. The Morgan fingerprint density at radius 1 is 1.19 bits per heavy atom. The molecule has 1 saturated heterocycles. The molecule has 5 heteroatoms. The number of methoxy groups -OCH3 is 1. The highest BCUT2D eigenvalue weighted by molar-refractivity contribution is 6.04. The first kappa shape index (κ1) is 19.0. The number of amides is 2. The Bertz CT molecular complexity index is 843. The van der Waals surface area contributed by atoms with E-state index < -0.39 is 0 Å². The predicted octanol–water partition coefficient (Wildman–Crippen LogP) is 4.12. The van der Waals surface area contributed by atoms with Crippen LogP contribution in [0.2, 0.25) is 0 Å². The van der Waals surface area contributed by atoms with Crippen molar-refractivity contribution in [1.82, 2.24) is 0 Å². The third-order valence-corrected chi connectivity index (χ3v) is 4.98. The van der Waals surface area contributed by atoms with Crippen LogP contribution in [-0.4, -0.2) is 25.5 Å². The van der Waals surface area contributed by atoms with E-state index in [1.54, 1.807) is 12.0 Å². The van der Waals surface area contributed by atoms with Crippen molar-refractivity contribution in [1.29, 1.82) is 0 Å². The molecule has 3 rings (SSSR count). The van der Waals surface area contributed by atoms with Gasteiger partial charge in [-0.25, -0.2) is 0 Å².